The van der Waals surface area contributed by atoms with Gasteiger partial charge in [-0.15, -0.1) is 10.2 Å². The van der Waals surface area contributed by atoms with Crippen LogP contribution in [0.4, 0.5) is 0 Å². The van der Waals surface area contributed by atoms with E-state index in [1.165, 1.54) is 0 Å². The lowest BCUT2D eigenvalue weighted by Gasteiger charge is -2.17. The van der Waals surface area contributed by atoms with E-state index in [-0.39, 0.29) is 11.9 Å². The molecule has 2 rings (SSSR count). The molecule has 1 aromatic heterocycles. The minimum Gasteiger partial charge on any atom is -0.423 e. The first-order chi connectivity index (χ1) is 11.0. The van der Waals surface area contributed by atoms with Crippen LogP contribution in [0.1, 0.15) is 50.1 Å². The van der Waals surface area contributed by atoms with Crippen molar-refractivity contribution in [3.05, 3.63) is 46.6 Å². The van der Waals surface area contributed by atoms with E-state index in [2.05, 4.69) is 29.4 Å². The van der Waals surface area contributed by atoms with Crippen LogP contribution >= 0.6 is 11.6 Å². The lowest BCUT2D eigenvalue weighted by atomic mass is 10.0. The van der Waals surface area contributed by atoms with Crippen molar-refractivity contribution in [1.29, 1.82) is 0 Å². The minimum absolute atomic E-state index is 0.0496. The first-order valence-corrected chi connectivity index (χ1v) is 8.16. The van der Waals surface area contributed by atoms with Gasteiger partial charge in [-0.2, -0.15) is 0 Å². The average Bonchev–Trinajstić information content (AvgIpc) is 2.92. The summed E-state index contributed by atoms with van der Waals surface area (Å²) >= 11 is 6.12. The molecule has 5 nitrogen and oxygen atoms in total. The number of nitrogens with zero attached hydrogens (tertiary/aromatic N) is 2. The Morgan fingerprint density at radius 2 is 2.04 bits per heavy atom. The van der Waals surface area contributed by atoms with Gasteiger partial charge in [-0.1, -0.05) is 43.6 Å². The molecule has 0 radical (unpaired) electrons. The summed E-state index contributed by atoms with van der Waals surface area (Å²) in [4.78, 5) is 12.3. The number of carbonyl (C=O) groups excluding carboxylic acids is 1. The summed E-state index contributed by atoms with van der Waals surface area (Å²) in [6.07, 6.45) is 1.72. The topological polar surface area (TPSA) is 68.0 Å². The number of amides is 1. The monoisotopic (exact) mass is 335 g/mol. The Bertz CT molecular complexity index is 655. The molecular formula is C17H22ClN3O2. The molecule has 0 saturated heterocycles. The van der Waals surface area contributed by atoms with E-state index >= 15 is 0 Å². The van der Waals surface area contributed by atoms with E-state index in [4.69, 9.17) is 16.0 Å². The third-order valence-corrected chi connectivity index (χ3v) is 3.83. The number of carbonyl (C=O) groups is 1. The molecule has 0 saturated carbocycles. The molecular weight excluding hydrogens is 314 g/mol. The summed E-state index contributed by atoms with van der Waals surface area (Å²) in [5.74, 6) is 1.31. The van der Waals surface area contributed by atoms with E-state index < -0.39 is 0 Å². The van der Waals surface area contributed by atoms with Crippen molar-refractivity contribution >= 4 is 17.5 Å². The van der Waals surface area contributed by atoms with Gasteiger partial charge >= 0.3 is 0 Å². The van der Waals surface area contributed by atoms with Crippen LogP contribution in [-0.4, -0.2) is 16.1 Å². The third-order valence-electron chi connectivity index (χ3n) is 3.46. The first-order valence-electron chi connectivity index (χ1n) is 7.78. The number of aryl methyl sites for hydroxylation is 2. The molecule has 6 heteroatoms. The van der Waals surface area contributed by atoms with Crippen molar-refractivity contribution in [2.24, 2.45) is 5.92 Å². The van der Waals surface area contributed by atoms with Crippen molar-refractivity contribution in [3.8, 4) is 0 Å². The lowest BCUT2D eigenvalue weighted by molar-refractivity contribution is -0.122. The highest BCUT2D eigenvalue weighted by molar-refractivity contribution is 6.31. The van der Waals surface area contributed by atoms with Gasteiger partial charge in [-0.25, -0.2) is 0 Å². The second-order valence-corrected chi connectivity index (χ2v) is 6.41. The smallest absolute Gasteiger partial charge is 0.238 e. The zero-order valence-electron chi connectivity index (χ0n) is 13.7. The molecule has 0 aliphatic carbocycles. The minimum atomic E-state index is -0.255. The van der Waals surface area contributed by atoms with Gasteiger partial charge < -0.3 is 9.73 Å². The molecule has 1 heterocycles. The summed E-state index contributed by atoms with van der Waals surface area (Å²) in [6, 6.07) is 7.31. The molecule has 1 atom stereocenters. The molecule has 1 unspecified atom stereocenters. The Hall–Kier alpha value is -1.88. The Labute approximate surface area is 141 Å². The fraction of sp³-hybridized carbons (Fsp3) is 0.471. The summed E-state index contributed by atoms with van der Waals surface area (Å²) in [7, 11) is 0. The average molecular weight is 336 g/mol. The van der Waals surface area contributed by atoms with Crippen LogP contribution in [0.3, 0.4) is 0 Å². The summed E-state index contributed by atoms with van der Waals surface area (Å²) in [5.41, 5.74) is 0.971. The predicted molar refractivity (Wildman–Crippen MR) is 89.1 cm³/mol. The fourth-order valence-corrected chi connectivity index (χ4v) is 2.59. The normalized spacial score (nSPS) is 12.4. The van der Waals surface area contributed by atoms with Gasteiger partial charge in [0.25, 0.3) is 0 Å². The van der Waals surface area contributed by atoms with Crippen molar-refractivity contribution in [2.75, 3.05) is 0 Å². The van der Waals surface area contributed by atoms with Gasteiger partial charge in [-0.05, 0) is 30.4 Å². The molecule has 124 valence electrons. The van der Waals surface area contributed by atoms with Crippen molar-refractivity contribution in [1.82, 2.24) is 15.5 Å². The molecule has 0 aliphatic heterocycles. The maximum Gasteiger partial charge on any atom is 0.238 e. The van der Waals surface area contributed by atoms with Crippen LogP contribution in [-0.2, 0) is 11.2 Å². The standard InChI is InChI=1S/C17H22ClN3O2/c1-11(2)10-15(17-21-20-12(3)23-17)19-16(22)9-8-13-6-4-5-7-14(13)18/h4-7,11,15H,8-10H2,1-3H3,(H,19,22). The molecule has 0 spiro atoms. The number of benzene rings is 1. The van der Waals surface area contributed by atoms with Crippen LogP contribution in [0.15, 0.2) is 28.7 Å². The number of aromatic nitrogens is 2. The van der Waals surface area contributed by atoms with Crippen LogP contribution in [0, 0.1) is 12.8 Å². The maximum atomic E-state index is 12.3. The van der Waals surface area contributed by atoms with Crippen molar-refractivity contribution in [3.63, 3.8) is 0 Å². The second kappa shape index (κ2) is 8.11. The van der Waals surface area contributed by atoms with E-state index in [9.17, 15) is 4.79 Å². The summed E-state index contributed by atoms with van der Waals surface area (Å²) in [6.45, 7) is 5.92. The van der Waals surface area contributed by atoms with Crippen LogP contribution in [0.5, 0.6) is 0 Å². The molecule has 2 aromatic rings. The SMILES string of the molecule is Cc1nnc(C(CC(C)C)NC(=O)CCc2ccccc2Cl)o1. The highest BCUT2D eigenvalue weighted by Gasteiger charge is 2.21. The fourth-order valence-electron chi connectivity index (χ4n) is 2.36. The van der Waals surface area contributed by atoms with E-state index in [0.29, 0.717) is 35.6 Å². The molecule has 0 bridgehead atoms. The van der Waals surface area contributed by atoms with Gasteiger partial charge in [-0.3, -0.25) is 4.79 Å². The summed E-state index contributed by atoms with van der Waals surface area (Å²) in [5, 5.41) is 11.6. The second-order valence-electron chi connectivity index (χ2n) is 6.00. The van der Waals surface area contributed by atoms with Gasteiger partial charge in [0, 0.05) is 18.4 Å². The Morgan fingerprint density at radius 3 is 2.65 bits per heavy atom. The molecule has 0 aliphatic rings. The van der Waals surface area contributed by atoms with Crippen molar-refractivity contribution < 1.29 is 9.21 Å². The zero-order valence-corrected chi connectivity index (χ0v) is 14.4. The van der Waals surface area contributed by atoms with Gasteiger partial charge in [0.2, 0.25) is 17.7 Å². The molecule has 1 N–H and O–H groups in total. The first kappa shape index (κ1) is 17.5. The van der Waals surface area contributed by atoms with Crippen LogP contribution < -0.4 is 5.32 Å². The highest BCUT2D eigenvalue weighted by Crippen LogP contribution is 2.21. The van der Waals surface area contributed by atoms with Gasteiger partial charge in [0.15, 0.2) is 0 Å². The largest absolute Gasteiger partial charge is 0.423 e. The zero-order chi connectivity index (χ0) is 16.8. The number of rotatable bonds is 7. The Morgan fingerprint density at radius 1 is 1.30 bits per heavy atom. The number of nitrogens with one attached hydrogen (secondary N) is 1. The van der Waals surface area contributed by atoms with E-state index in [1.54, 1.807) is 6.92 Å². The maximum absolute atomic E-state index is 12.3. The lowest BCUT2D eigenvalue weighted by Crippen LogP contribution is -2.30. The predicted octanol–water partition coefficient (Wildman–Crippen LogP) is 3.87. The van der Waals surface area contributed by atoms with Crippen molar-refractivity contribution in [2.45, 2.75) is 46.1 Å². The van der Waals surface area contributed by atoms with E-state index in [1.807, 2.05) is 24.3 Å². The van der Waals surface area contributed by atoms with Crippen LogP contribution in [0.25, 0.3) is 0 Å². The van der Waals surface area contributed by atoms with Crippen LogP contribution in [0.2, 0.25) is 5.02 Å². The van der Waals surface area contributed by atoms with Gasteiger partial charge in [0.1, 0.15) is 6.04 Å². The third kappa shape index (κ3) is 5.36. The van der Waals surface area contributed by atoms with E-state index in [0.717, 1.165) is 12.0 Å². The number of hydrogen-bond acceptors (Lipinski definition) is 4. The highest BCUT2D eigenvalue weighted by atomic mass is 35.5. The summed E-state index contributed by atoms with van der Waals surface area (Å²) < 4.78 is 5.47. The Balaban J connectivity index is 1.96. The molecule has 1 aromatic carbocycles. The molecule has 0 fully saturated rings. The Kier molecular flexibility index (Phi) is 6.16. The quantitative estimate of drug-likeness (QED) is 0.834. The molecule has 23 heavy (non-hydrogen) atoms. The number of hydrogen-bond donors (Lipinski definition) is 1. The molecule has 1 amide bonds. The van der Waals surface area contributed by atoms with Gasteiger partial charge in [0.05, 0.1) is 0 Å². The number of halogens is 1.